The number of aromatic nitrogens is 1. The lowest BCUT2D eigenvalue weighted by atomic mass is 9.98. The van der Waals surface area contributed by atoms with Crippen molar-refractivity contribution in [2.45, 2.75) is 39.0 Å². The van der Waals surface area contributed by atoms with Crippen molar-refractivity contribution in [3.8, 4) is 0 Å². The van der Waals surface area contributed by atoms with Gasteiger partial charge in [-0.15, -0.1) is 0 Å². The van der Waals surface area contributed by atoms with Crippen molar-refractivity contribution in [2.75, 3.05) is 18.5 Å². The molecule has 3 rings (SSSR count). The van der Waals surface area contributed by atoms with E-state index in [9.17, 15) is 4.79 Å². The molecule has 2 aromatic rings. The SMILES string of the molecule is Cc1cc(NC(=O)CN2[C@H](C)CO[C@@H](c3ccccc3)[C@@H]2C)no1. The number of nitrogens with zero attached hydrogens (tertiary/aromatic N) is 2. The lowest BCUT2D eigenvalue weighted by Gasteiger charge is -2.43. The normalized spacial score (nSPS) is 24.7. The zero-order valence-corrected chi connectivity index (χ0v) is 14.2. The summed E-state index contributed by atoms with van der Waals surface area (Å²) in [6, 6.07) is 12.1. The molecular formula is C18H23N3O3. The number of anilines is 1. The Kier molecular flexibility index (Phi) is 4.97. The number of carbonyl (C=O) groups is 1. The second-order valence-corrected chi connectivity index (χ2v) is 6.30. The molecule has 24 heavy (non-hydrogen) atoms. The molecule has 0 spiro atoms. The minimum Gasteiger partial charge on any atom is -0.370 e. The highest BCUT2D eigenvalue weighted by Crippen LogP contribution is 2.30. The summed E-state index contributed by atoms with van der Waals surface area (Å²) in [5.41, 5.74) is 1.13. The number of morpholine rings is 1. The van der Waals surface area contributed by atoms with Gasteiger partial charge in [-0.25, -0.2) is 0 Å². The van der Waals surface area contributed by atoms with Gasteiger partial charge in [-0.3, -0.25) is 9.69 Å². The monoisotopic (exact) mass is 329 g/mol. The van der Waals surface area contributed by atoms with Crippen LogP contribution in [0.5, 0.6) is 0 Å². The van der Waals surface area contributed by atoms with Crippen LogP contribution in [0, 0.1) is 6.92 Å². The quantitative estimate of drug-likeness (QED) is 0.934. The van der Waals surface area contributed by atoms with Crippen LogP contribution in [0.4, 0.5) is 5.82 Å². The van der Waals surface area contributed by atoms with Crippen molar-refractivity contribution in [3.05, 3.63) is 47.7 Å². The molecule has 1 aromatic carbocycles. The molecule has 1 amide bonds. The van der Waals surface area contributed by atoms with E-state index in [1.807, 2.05) is 18.2 Å². The van der Waals surface area contributed by atoms with Crippen LogP contribution >= 0.6 is 0 Å². The zero-order chi connectivity index (χ0) is 17.1. The average molecular weight is 329 g/mol. The number of hydrogen-bond donors (Lipinski definition) is 1. The van der Waals surface area contributed by atoms with E-state index >= 15 is 0 Å². The summed E-state index contributed by atoms with van der Waals surface area (Å²) in [5, 5.41) is 6.58. The largest absolute Gasteiger partial charge is 0.370 e. The minimum atomic E-state index is -0.101. The van der Waals surface area contributed by atoms with Crippen molar-refractivity contribution in [1.82, 2.24) is 10.1 Å². The third-order valence-electron chi connectivity index (χ3n) is 4.39. The smallest absolute Gasteiger partial charge is 0.239 e. The lowest BCUT2D eigenvalue weighted by Crippen LogP contribution is -2.53. The number of rotatable bonds is 4. The van der Waals surface area contributed by atoms with Gasteiger partial charge in [0.2, 0.25) is 5.91 Å². The first-order chi connectivity index (χ1) is 11.5. The first-order valence-corrected chi connectivity index (χ1v) is 8.20. The van der Waals surface area contributed by atoms with Crippen LogP contribution in [0.1, 0.15) is 31.3 Å². The van der Waals surface area contributed by atoms with E-state index in [1.54, 1.807) is 13.0 Å². The Hall–Kier alpha value is -2.18. The Morgan fingerprint density at radius 3 is 2.75 bits per heavy atom. The maximum absolute atomic E-state index is 12.3. The Bertz CT molecular complexity index is 686. The summed E-state index contributed by atoms with van der Waals surface area (Å²) in [6.07, 6.45) is -0.0375. The first kappa shape index (κ1) is 16.7. The lowest BCUT2D eigenvalue weighted by molar-refractivity contribution is -0.127. The van der Waals surface area contributed by atoms with E-state index in [0.717, 1.165) is 5.56 Å². The van der Waals surface area contributed by atoms with E-state index in [0.29, 0.717) is 24.7 Å². The van der Waals surface area contributed by atoms with Gasteiger partial charge in [-0.1, -0.05) is 35.5 Å². The number of aryl methyl sites for hydroxylation is 1. The van der Waals surface area contributed by atoms with Gasteiger partial charge in [0.15, 0.2) is 5.82 Å². The van der Waals surface area contributed by atoms with Crippen LogP contribution in [0.3, 0.4) is 0 Å². The van der Waals surface area contributed by atoms with Gasteiger partial charge >= 0.3 is 0 Å². The molecule has 2 heterocycles. The van der Waals surface area contributed by atoms with Crippen LogP contribution in [0.2, 0.25) is 0 Å². The summed E-state index contributed by atoms with van der Waals surface area (Å²) in [5.74, 6) is 1.02. The summed E-state index contributed by atoms with van der Waals surface area (Å²) in [7, 11) is 0. The van der Waals surface area contributed by atoms with Gasteiger partial charge in [-0.05, 0) is 26.3 Å². The molecular weight excluding hydrogens is 306 g/mol. The highest BCUT2D eigenvalue weighted by atomic mass is 16.5. The molecule has 1 aliphatic rings. The number of benzene rings is 1. The van der Waals surface area contributed by atoms with Crippen molar-refractivity contribution in [3.63, 3.8) is 0 Å². The number of ether oxygens (including phenoxy) is 1. The molecule has 0 unspecified atom stereocenters. The number of carbonyl (C=O) groups excluding carboxylic acids is 1. The summed E-state index contributed by atoms with van der Waals surface area (Å²) < 4.78 is 11.0. The molecule has 0 saturated carbocycles. The van der Waals surface area contributed by atoms with Crippen LogP contribution in [-0.4, -0.2) is 41.2 Å². The standard InChI is InChI=1S/C18H23N3O3/c1-12-11-23-18(15-7-5-4-6-8-15)14(3)21(12)10-17(22)19-16-9-13(2)24-20-16/h4-9,12,14,18H,10-11H2,1-3H3,(H,19,20,22)/t12-,14+,18-/m1/s1. The number of nitrogens with one attached hydrogen (secondary N) is 1. The highest BCUT2D eigenvalue weighted by molar-refractivity contribution is 5.91. The van der Waals surface area contributed by atoms with E-state index in [2.05, 4.69) is 41.4 Å². The van der Waals surface area contributed by atoms with Gasteiger partial charge in [0, 0.05) is 18.2 Å². The molecule has 128 valence electrons. The van der Waals surface area contributed by atoms with Crippen molar-refractivity contribution in [2.24, 2.45) is 0 Å². The fourth-order valence-corrected chi connectivity index (χ4v) is 3.14. The third-order valence-corrected chi connectivity index (χ3v) is 4.39. The topological polar surface area (TPSA) is 67.6 Å². The fraction of sp³-hybridized carbons (Fsp3) is 0.444. The van der Waals surface area contributed by atoms with E-state index in [-0.39, 0.29) is 24.1 Å². The molecule has 6 heteroatoms. The van der Waals surface area contributed by atoms with Gasteiger partial charge in [-0.2, -0.15) is 0 Å². The molecule has 1 fully saturated rings. The second-order valence-electron chi connectivity index (χ2n) is 6.30. The zero-order valence-electron chi connectivity index (χ0n) is 14.2. The predicted octanol–water partition coefficient (Wildman–Crippen LogP) is 2.77. The Balaban J connectivity index is 1.67. The maximum atomic E-state index is 12.3. The third kappa shape index (κ3) is 3.66. The van der Waals surface area contributed by atoms with Crippen molar-refractivity contribution >= 4 is 11.7 Å². The van der Waals surface area contributed by atoms with Crippen LogP contribution in [0.25, 0.3) is 0 Å². The number of amides is 1. The molecule has 1 saturated heterocycles. The second kappa shape index (κ2) is 7.15. The Labute approximate surface area is 141 Å². The van der Waals surface area contributed by atoms with Gasteiger partial charge < -0.3 is 14.6 Å². The average Bonchev–Trinajstić information content (AvgIpc) is 2.97. The molecule has 0 aliphatic carbocycles. The van der Waals surface area contributed by atoms with Gasteiger partial charge in [0.05, 0.1) is 19.3 Å². The molecule has 1 N–H and O–H groups in total. The van der Waals surface area contributed by atoms with Gasteiger partial charge in [0.25, 0.3) is 0 Å². The van der Waals surface area contributed by atoms with Crippen LogP contribution in [0.15, 0.2) is 40.9 Å². The molecule has 0 radical (unpaired) electrons. The van der Waals surface area contributed by atoms with Crippen LogP contribution in [-0.2, 0) is 9.53 Å². The summed E-state index contributed by atoms with van der Waals surface area (Å²) in [4.78, 5) is 14.5. The van der Waals surface area contributed by atoms with Crippen molar-refractivity contribution in [1.29, 1.82) is 0 Å². The molecule has 1 aromatic heterocycles. The summed E-state index contributed by atoms with van der Waals surface area (Å²) in [6.45, 7) is 6.85. The van der Waals surface area contributed by atoms with Crippen molar-refractivity contribution < 1.29 is 14.1 Å². The Morgan fingerprint density at radius 2 is 2.08 bits per heavy atom. The minimum absolute atomic E-state index is 0.0375. The van der Waals surface area contributed by atoms with Crippen LogP contribution < -0.4 is 5.32 Å². The summed E-state index contributed by atoms with van der Waals surface area (Å²) >= 11 is 0. The first-order valence-electron chi connectivity index (χ1n) is 8.20. The Morgan fingerprint density at radius 1 is 1.33 bits per heavy atom. The van der Waals surface area contributed by atoms with E-state index in [4.69, 9.17) is 9.26 Å². The van der Waals surface area contributed by atoms with E-state index in [1.165, 1.54) is 0 Å². The molecule has 0 bridgehead atoms. The maximum Gasteiger partial charge on any atom is 0.239 e. The van der Waals surface area contributed by atoms with E-state index < -0.39 is 0 Å². The molecule has 1 aliphatic heterocycles. The number of hydrogen-bond acceptors (Lipinski definition) is 5. The van der Waals surface area contributed by atoms with Gasteiger partial charge in [0.1, 0.15) is 5.76 Å². The molecule has 3 atom stereocenters. The predicted molar refractivity (Wildman–Crippen MR) is 90.6 cm³/mol. The molecule has 6 nitrogen and oxygen atoms in total. The fourth-order valence-electron chi connectivity index (χ4n) is 3.14. The highest BCUT2D eigenvalue weighted by Gasteiger charge is 2.35.